The molecule has 1 aromatic carbocycles. The topological polar surface area (TPSA) is 58.4 Å². The van der Waals surface area contributed by atoms with Gasteiger partial charge in [0, 0.05) is 20.1 Å². The van der Waals surface area contributed by atoms with Gasteiger partial charge in [0.05, 0.1) is 23.2 Å². The Bertz CT molecular complexity index is 830. The van der Waals surface area contributed by atoms with Crippen molar-refractivity contribution in [3.63, 3.8) is 0 Å². The predicted molar refractivity (Wildman–Crippen MR) is 103 cm³/mol. The third-order valence-electron chi connectivity index (χ3n) is 4.82. The normalized spacial score (nSPS) is 19.2. The average molecular weight is 377 g/mol. The molecule has 1 aliphatic rings. The SMILES string of the molecule is CN(C)Cc1cc(C2CCCCN2S(=O)(=O)Cc2ccccc2)nn1C. The van der Waals surface area contributed by atoms with Gasteiger partial charge in [-0.25, -0.2) is 8.42 Å². The summed E-state index contributed by atoms with van der Waals surface area (Å²) in [5.74, 6) is 0.0434. The molecule has 7 heteroatoms. The zero-order valence-corrected chi connectivity index (χ0v) is 16.6. The molecular weight excluding hydrogens is 348 g/mol. The summed E-state index contributed by atoms with van der Waals surface area (Å²) < 4.78 is 29.7. The maximum Gasteiger partial charge on any atom is 0.218 e. The molecule has 1 aromatic heterocycles. The molecule has 2 aromatic rings. The lowest BCUT2D eigenvalue weighted by molar-refractivity contribution is 0.250. The van der Waals surface area contributed by atoms with Gasteiger partial charge in [-0.3, -0.25) is 4.68 Å². The molecule has 1 aliphatic heterocycles. The van der Waals surface area contributed by atoms with Crippen LogP contribution in [0.4, 0.5) is 0 Å². The molecular formula is C19H28N4O2S. The van der Waals surface area contributed by atoms with Crippen LogP contribution in [0.25, 0.3) is 0 Å². The molecule has 0 radical (unpaired) electrons. The predicted octanol–water partition coefficient (Wildman–Crippen LogP) is 2.54. The second-order valence-corrected chi connectivity index (χ2v) is 9.21. The van der Waals surface area contributed by atoms with E-state index in [0.29, 0.717) is 6.54 Å². The number of sulfonamides is 1. The summed E-state index contributed by atoms with van der Waals surface area (Å²) in [6, 6.07) is 11.3. The van der Waals surface area contributed by atoms with Crippen molar-refractivity contribution in [1.29, 1.82) is 0 Å². The summed E-state index contributed by atoms with van der Waals surface area (Å²) in [5.41, 5.74) is 2.78. The molecule has 0 amide bonds. The van der Waals surface area contributed by atoms with Crippen LogP contribution in [0.5, 0.6) is 0 Å². The Morgan fingerprint density at radius 3 is 2.62 bits per heavy atom. The summed E-state index contributed by atoms with van der Waals surface area (Å²) >= 11 is 0. The van der Waals surface area contributed by atoms with E-state index in [4.69, 9.17) is 0 Å². The van der Waals surface area contributed by atoms with E-state index in [2.05, 4.69) is 16.1 Å². The van der Waals surface area contributed by atoms with E-state index in [1.54, 1.807) is 4.31 Å². The van der Waals surface area contributed by atoms with Crippen molar-refractivity contribution in [2.75, 3.05) is 20.6 Å². The standard InChI is InChI=1S/C19H28N4O2S/c1-21(2)14-17-13-18(20-22(17)3)19-11-7-8-12-23(19)26(24,25)15-16-9-5-4-6-10-16/h4-6,9-10,13,19H,7-8,11-12,14-15H2,1-3H3. The Kier molecular flexibility index (Phi) is 5.79. The van der Waals surface area contributed by atoms with Crippen LogP contribution in [-0.2, 0) is 29.4 Å². The van der Waals surface area contributed by atoms with Crippen LogP contribution in [0.2, 0.25) is 0 Å². The highest BCUT2D eigenvalue weighted by atomic mass is 32.2. The van der Waals surface area contributed by atoms with Crippen LogP contribution in [-0.4, -0.2) is 48.0 Å². The molecule has 0 N–H and O–H groups in total. The number of rotatable bonds is 6. The largest absolute Gasteiger partial charge is 0.304 e. The van der Waals surface area contributed by atoms with E-state index in [1.807, 2.05) is 56.2 Å². The summed E-state index contributed by atoms with van der Waals surface area (Å²) in [6.45, 7) is 1.35. The quantitative estimate of drug-likeness (QED) is 0.777. The van der Waals surface area contributed by atoms with Crippen LogP contribution >= 0.6 is 0 Å². The molecule has 0 bridgehead atoms. The minimum atomic E-state index is -3.39. The molecule has 3 rings (SSSR count). The third-order valence-corrected chi connectivity index (χ3v) is 6.67. The molecule has 1 saturated heterocycles. The van der Waals surface area contributed by atoms with Gasteiger partial charge in [-0.1, -0.05) is 36.8 Å². The number of piperidine rings is 1. The Morgan fingerprint density at radius 2 is 1.92 bits per heavy atom. The second kappa shape index (κ2) is 7.90. The zero-order valence-electron chi connectivity index (χ0n) is 15.8. The second-order valence-electron chi connectivity index (χ2n) is 7.29. The fourth-order valence-electron chi connectivity index (χ4n) is 3.57. The van der Waals surface area contributed by atoms with Crippen LogP contribution in [0.15, 0.2) is 36.4 Å². The average Bonchev–Trinajstić information content (AvgIpc) is 2.95. The van der Waals surface area contributed by atoms with Gasteiger partial charge in [0.1, 0.15) is 0 Å². The molecule has 0 aliphatic carbocycles. The van der Waals surface area contributed by atoms with Gasteiger partial charge in [0.15, 0.2) is 0 Å². The van der Waals surface area contributed by atoms with Gasteiger partial charge in [0.2, 0.25) is 10.0 Å². The Balaban J connectivity index is 1.86. The van der Waals surface area contributed by atoms with Crippen molar-refractivity contribution < 1.29 is 8.42 Å². The first kappa shape index (κ1) is 19.1. The van der Waals surface area contributed by atoms with Crippen molar-refractivity contribution in [1.82, 2.24) is 19.0 Å². The summed E-state index contributed by atoms with van der Waals surface area (Å²) in [5, 5.41) is 4.64. The maximum absolute atomic E-state index is 13.1. The van der Waals surface area contributed by atoms with Gasteiger partial charge in [-0.15, -0.1) is 0 Å². The lowest BCUT2D eigenvalue weighted by Gasteiger charge is -2.33. The molecule has 26 heavy (non-hydrogen) atoms. The molecule has 6 nitrogen and oxygen atoms in total. The van der Waals surface area contributed by atoms with Crippen LogP contribution in [0.1, 0.15) is 42.3 Å². The van der Waals surface area contributed by atoms with E-state index in [-0.39, 0.29) is 11.8 Å². The van der Waals surface area contributed by atoms with Crippen molar-refractivity contribution in [2.45, 2.75) is 37.6 Å². The fourth-order valence-corrected chi connectivity index (χ4v) is 5.35. The minimum absolute atomic E-state index is 0.0434. The van der Waals surface area contributed by atoms with Crippen molar-refractivity contribution in [3.05, 3.63) is 53.3 Å². The van der Waals surface area contributed by atoms with Crippen molar-refractivity contribution >= 4 is 10.0 Å². The highest BCUT2D eigenvalue weighted by Gasteiger charge is 2.35. The highest BCUT2D eigenvalue weighted by Crippen LogP contribution is 2.33. The maximum atomic E-state index is 13.1. The Labute approximate surface area is 156 Å². The van der Waals surface area contributed by atoms with E-state index in [9.17, 15) is 8.42 Å². The molecule has 1 fully saturated rings. The minimum Gasteiger partial charge on any atom is -0.304 e. The van der Waals surface area contributed by atoms with E-state index in [1.165, 1.54) is 0 Å². The summed E-state index contributed by atoms with van der Waals surface area (Å²) in [6.07, 6.45) is 2.76. The molecule has 1 atom stereocenters. The first-order valence-electron chi connectivity index (χ1n) is 9.08. The van der Waals surface area contributed by atoms with Crippen LogP contribution < -0.4 is 0 Å². The lowest BCUT2D eigenvalue weighted by atomic mass is 10.0. The smallest absolute Gasteiger partial charge is 0.218 e. The molecule has 0 spiro atoms. The van der Waals surface area contributed by atoms with Crippen molar-refractivity contribution in [2.24, 2.45) is 7.05 Å². The Hall–Kier alpha value is -1.70. The van der Waals surface area contributed by atoms with Gasteiger partial charge in [0.25, 0.3) is 0 Å². The van der Waals surface area contributed by atoms with E-state index in [0.717, 1.165) is 42.8 Å². The molecule has 142 valence electrons. The molecule has 2 heterocycles. The third kappa shape index (κ3) is 4.34. The number of hydrogen-bond donors (Lipinski definition) is 0. The lowest BCUT2D eigenvalue weighted by Crippen LogP contribution is -2.39. The zero-order chi connectivity index (χ0) is 18.7. The molecule has 0 saturated carbocycles. The van der Waals surface area contributed by atoms with Crippen molar-refractivity contribution in [3.8, 4) is 0 Å². The summed E-state index contributed by atoms with van der Waals surface area (Å²) in [7, 11) is 2.57. The van der Waals surface area contributed by atoms with Crippen LogP contribution in [0.3, 0.4) is 0 Å². The number of aromatic nitrogens is 2. The number of nitrogens with zero attached hydrogens (tertiary/aromatic N) is 4. The van der Waals surface area contributed by atoms with Gasteiger partial charge < -0.3 is 4.90 Å². The first-order chi connectivity index (χ1) is 12.4. The van der Waals surface area contributed by atoms with Gasteiger partial charge >= 0.3 is 0 Å². The van der Waals surface area contributed by atoms with E-state index < -0.39 is 10.0 Å². The summed E-state index contributed by atoms with van der Waals surface area (Å²) in [4.78, 5) is 2.09. The number of hydrogen-bond acceptors (Lipinski definition) is 4. The van der Waals surface area contributed by atoms with E-state index >= 15 is 0 Å². The van der Waals surface area contributed by atoms with Gasteiger partial charge in [-0.05, 0) is 38.6 Å². The Morgan fingerprint density at radius 1 is 1.19 bits per heavy atom. The molecule has 1 unspecified atom stereocenters. The van der Waals surface area contributed by atoms with Gasteiger partial charge in [-0.2, -0.15) is 9.40 Å². The number of aryl methyl sites for hydroxylation is 1. The highest BCUT2D eigenvalue weighted by molar-refractivity contribution is 7.88. The number of benzene rings is 1. The monoisotopic (exact) mass is 376 g/mol. The fraction of sp³-hybridized carbons (Fsp3) is 0.526. The van der Waals surface area contributed by atoms with Crippen LogP contribution in [0, 0.1) is 0 Å². The first-order valence-corrected chi connectivity index (χ1v) is 10.7.